The molecule has 6 heteroatoms. The number of benzene rings is 2. The van der Waals surface area contributed by atoms with Crippen molar-refractivity contribution in [3.05, 3.63) is 102 Å². The van der Waals surface area contributed by atoms with E-state index in [1.54, 1.807) is 17.0 Å². The first kappa shape index (κ1) is 27.9. The number of hydrogen-bond donors (Lipinski definition) is 2. The lowest BCUT2D eigenvalue weighted by Gasteiger charge is -2.35. The van der Waals surface area contributed by atoms with E-state index in [0.29, 0.717) is 11.4 Å². The Hall–Kier alpha value is -3.67. The summed E-state index contributed by atoms with van der Waals surface area (Å²) in [6, 6.07) is 12.7. The molecular formula is C31H38FN3O2. The molecule has 1 fully saturated rings. The molecule has 1 aliphatic rings. The number of rotatable bonds is 10. The number of aryl methyl sites for hydroxylation is 1. The molecule has 1 saturated carbocycles. The van der Waals surface area contributed by atoms with Gasteiger partial charge in [0.15, 0.2) is 0 Å². The summed E-state index contributed by atoms with van der Waals surface area (Å²) in [7, 11) is 0. The number of carbonyl (C=O) groups is 2. The zero-order chi connectivity index (χ0) is 26.8. The fourth-order valence-corrected chi connectivity index (χ4v) is 4.71. The number of carbonyl (C=O) groups excluding carboxylic acids is 2. The van der Waals surface area contributed by atoms with Crippen LogP contribution in [0.2, 0.25) is 0 Å². The van der Waals surface area contributed by atoms with Crippen LogP contribution in [-0.2, 0) is 9.59 Å². The predicted octanol–water partition coefficient (Wildman–Crippen LogP) is 6.60. The van der Waals surface area contributed by atoms with Crippen molar-refractivity contribution in [3.8, 4) is 0 Å². The first-order valence-electron chi connectivity index (χ1n) is 13.0. The van der Waals surface area contributed by atoms with E-state index < -0.39 is 6.04 Å². The molecule has 0 heterocycles. The first-order valence-corrected chi connectivity index (χ1v) is 13.0. The number of allylic oxidation sites excluding steroid dienone is 4. The van der Waals surface area contributed by atoms with Crippen LogP contribution in [-0.4, -0.2) is 29.3 Å². The molecule has 1 unspecified atom stereocenters. The third-order valence-corrected chi connectivity index (χ3v) is 6.51. The van der Waals surface area contributed by atoms with Crippen molar-refractivity contribution in [1.29, 1.82) is 0 Å². The summed E-state index contributed by atoms with van der Waals surface area (Å²) in [6.45, 7) is 9.61. The third-order valence-electron chi connectivity index (χ3n) is 6.51. The molecule has 2 N–H and O–H groups in total. The van der Waals surface area contributed by atoms with Crippen molar-refractivity contribution in [1.82, 2.24) is 10.2 Å². The van der Waals surface area contributed by atoms with Gasteiger partial charge in [0.25, 0.3) is 0 Å². The monoisotopic (exact) mass is 503 g/mol. The summed E-state index contributed by atoms with van der Waals surface area (Å²) >= 11 is 0. The van der Waals surface area contributed by atoms with Gasteiger partial charge >= 0.3 is 0 Å². The molecule has 0 aliphatic heterocycles. The summed E-state index contributed by atoms with van der Waals surface area (Å²) in [5.41, 5.74) is 3.64. The molecule has 196 valence electrons. The first-order chi connectivity index (χ1) is 17.8. The van der Waals surface area contributed by atoms with E-state index >= 15 is 0 Å². The summed E-state index contributed by atoms with van der Waals surface area (Å²) in [4.78, 5) is 29.4. The second kappa shape index (κ2) is 13.6. The van der Waals surface area contributed by atoms with Gasteiger partial charge in [-0.2, -0.15) is 0 Å². The Morgan fingerprint density at radius 1 is 1.11 bits per heavy atom. The Morgan fingerprint density at radius 2 is 1.78 bits per heavy atom. The number of hydrogen-bond acceptors (Lipinski definition) is 3. The molecule has 0 radical (unpaired) electrons. The molecule has 2 amide bonds. The van der Waals surface area contributed by atoms with Gasteiger partial charge in [-0.15, -0.1) is 0 Å². The van der Waals surface area contributed by atoms with Crippen LogP contribution in [0.4, 0.5) is 10.1 Å². The maximum Gasteiger partial charge on any atom is 0.248 e. The predicted molar refractivity (Wildman–Crippen MR) is 148 cm³/mol. The van der Waals surface area contributed by atoms with E-state index in [1.165, 1.54) is 18.6 Å². The topological polar surface area (TPSA) is 61.4 Å². The van der Waals surface area contributed by atoms with Gasteiger partial charge in [-0.05, 0) is 81.2 Å². The van der Waals surface area contributed by atoms with Gasteiger partial charge in [0.1, 0.15) is 11.9 Å². The summed E-state index contributed by atoms with van der Waals surface area (Å²) < 4.78 is 13.4. The van der Waals surface area contributed by atoms with E-state index in [-0.39, 0.29) is 30.2 Å². The lowest BCUT2D eigenvalue weighted by atomic mass is 9.93. The number of halogens is 1. The Labute approximate surface area is 220 Å². The van der Waals surface area contributed by atoms with Crippen LogP contribution in [0.1, 0.15) is 63.1 Å². The minimum absolute atomic E-state index is 0.0736. The number of nitrogens with zero attached hydrogens (tertiary/aromatic N) is 1. The Kier molecular flexibility index (Phi) is 10.2. The Balaban J connectivity index is 2.04. The van der Waals surface area contributed by atoms with Gasteiger partial charge < -0.3 is 10.6 Å². The lowest BCUT2D eigenvalue weighted by molar-refractivity contribution is -0.137. The SMILES string of the molecule is C=C(C)C=C(C=CC)N(C(=O)CNc1ccc(F)cc1)C(C(=O)NC1CCCCC1)c1ccccc1C. The highest BCUT2D eigenvalue weighted by molar-refractivity contribution is 5.92. The van der Waals surface area contributed by atoms with E-state index in [4.69, 9.17) is 0 Å². The Bertz CT molecular complexity index is 1150. The summed E-state index contributed by atoms with van der Waals surface area (Å²) in [5, 5.41) is 6.32. The minimum atomic E-state index is -0.868. The molecule has 37 heavy (non-hydrogen) atoms. The Morgan fingerprint density at radius 3 is 2.41 bits per heavy atom. The molecule has 1 atom stereocenters. The normalized spacial score (nSPS) is 15.3. The van der Waals surface area contributed by atoms with Gasteiger partial charge in [-0.3, -0.25) is 14.5 Å². The van der Waals surface area contributed by atoms with Crippen molar-refractivity contribution >= 4 is 17.5 Å². The van der Waals surface area contributed by atoms with Gasteiger partial charge in [-0.1, -0.05) is 61.8 Å². The van der Waals surface area contributed by atoms with Crippen molar-refractivity contribution in [2.75, 3.05) is 11.9 Å². The molecule has 0 aromatic heterocycles. The lowest BCUT2D eigenvalue weighted by Crippen LogP contribution is -2.48. The average Bonchev–Trinajstić information content (AvgIpc) is 2.87. The van der Waals surface area contributed by atoms with E-state index in [1.807, 2.05) is 63.3 Å². The standard InChI is InChI=1S/C31H38FN3O2/c1-5-11-27(20-22(2)3)35(29(36)21-33-25-18-16-24(32)17-19-25)30(28-15-10-9-12-23(28)4)31(37)34-26-13-7-6-8-14-26/h5,9-12,15-20,26,30,33H,2,6-8,13-14,21H2,1,3-4H3,(H,34,37). The van der Waals surface area contributed by atoms with Gasteiger partial charge in [-0.25, -0.2) is 4.39 Å². The van der Waals surface area contributed by atoms with Crippen molar-refractivity contribution in [2.24, 2.45) is 0 Å². The fourth-order valence-electron chi connectivity index (χ4n) is 4.71. The second-order valence-corrected chi connectivity index (χ2v) is 9.64. The van der Waals surface area contributed by atoms with Crippen LogP contribution in [0, 0.1) is 12.7 Å². The van der Waals surface area contributed by atoms with Crippen molar-refractivity contribution < 1.29 is 14.0 Å². The van der Waals surface area contributed by atoms with Crippen LogP contribution in [0.25, 0.3) is 0 Å². The molecule has 0 saturated heterocycles. The third kappa shape index (κ3) is 7.91. The molecule has 2 aromatic carbocycles. The maximum absolute atomic E-state index is 14.0. The maximum atomic E-state index is 14.0. The second-order valence-electron chi connectivity index (χ2n) is 9.64. The highest BCUT2D eigenvalue weighted by Crippen LogP contribution is 2.30. The van der Waals surface area contributed by atoms with Crippen LogP contribution in [0.3, 0.4) is 0 Å². The minimum Gasteiger partial charge on any atom is -0.376 e. The number of amides is 2. The van der Waals surface area contributed by atoms with Crippen molar-refractivity contribution in [3.63, 3.8) is 0 Å². The highest BCUT2D eigenvalue weighted by atomic mass is 19.1. The highest BCUT2D eigenvalue weighted by Gasteiger charge is 2.35. The fraction of sp³-hybridized carbons (Fsp3) is 0.355. The van der Waals surface area contributed by atoms with Gasteiger partial charge in [0.05, 0.1) is 6.54 Å². The van der Waals surface area contributed by atoms with E-state index in [2.05, 4.69) is 17.2 Å². The smallest absolute Gasteiger partial charge is 0.248 e. The molecule has 2 aromatic rings. The van der Waals surface area contributed by atoms with Crippen LogP contribution >= 0.6 is 0 Å². The van der Waals surface area contributed by atoms with E-state index in [0.717, 1.165) is 42.4 Å². The van der Waals surface area contributed by atoms with Crippen LogP contribution in [0.15, 0.2) is 84.6 Å². The largest absolute Gasteiger partial charge is 0.376 e. The zero-order valence-corrected chi connectivity index (χ0v) is 22.1. The van der Waals surface area contributed by atoms with Crippen molar-refractivity contribution in [2.45, 2.75) is 65.0 Å². The number of anilines is 1. The average molecular weight is 504 g/mol. The summed E-state index contributed by atoms with van der Waals surface area (Å²) in [5.74, 6) is -0.840. The molecule has 5 nitrogen and oxygen atoms in total. The quantitative estimate of drug-likeness (QED) is 0.359. The summed E-state index contributed by atoms with van der Waals surface area (Å²) in [6.07, 6.45) is 10.7. The van der Waals surface area contributed by atoms with Crippen LogP contribution < -0.4 is 10.6 Å². The molecule has 3 rings (SSSR count). The zero-order valence-electron chi connectivity index (χ0n) is 22.1. The van der Waals surface area contributed by atoms with E-state index in [9.17, 15) is 14.0 Å². The van der Waals surface area contributed by atoms with Gasteiger partial charge in [0, 0.05) is 17.4 Å². The molecular weight excluding hydrogens is 465 g/mol. The molecule has 0 bridgehead atoms. The number of nitrogens with one attached hydrogen (secondary N) is 2. The van der Waals surface area contributed by atoms with Gasteiger partial charge in [0.2, 0.25) is 11.8 Å². The van der Waals surface area contributed by atoms with Crippen LogP contribution in [0.5, 0.6) is 0 Å². The molecule has 0 spiro atoms. The molecule has 1 aliphatic carbocycles.